The minimum absolute atomic E-state index is 0.0412. The molecule has 1 saturated heterocycles. The summed E-state index contributed by atoms with van der Waals surface area (Å²) in [6.45, 7) is 4.42. The Labute approximate surface area is 166 Å². The molecule has 150 valence electrons. The molecule has 1 aromatic carbocycles. The molecule has 1 amide bonds. The molecule has 0 bridgehead atoms. The molecule has 0 saturated carbocycles. The second-order valence-corrected chi connectivity index (χ2v) is 6.98. The number of hydrogen-bond acceptors (Lipinski definition) is 4. The summed E-state index contributed by atoms with van der Waals surface area (Å²) in [7, 11) is 0. The van der Waals surface area contributed by atoms with Gasteiger partial charge in [0.25, 0.3) is 0 Å². The second kappa shape index (κ2) is 8.36. The topological polar surface area (TPSA) is 48.5 Å². The van der Waals surface area contributed by atoms with Gasteiger partial charge in [0.2, 0.25) is 5.91 Å². The molecule has 0 aliphatic carbocycles. The number of amides is 1. The molecule has 0 spiro atoms. The van der Waals surface area contributed by atoms with Gasteiger partial charge in [-0.05, 0) is 37.3 Å². The summed E-state index contributed by atoms with van der Waals surface area (Å²) in [6.07, 6.45) is -2.77. The molecule has 0 unspecified atom stereocenters. The van der Waals surface area contributed by atoms with Crippen LogP contribution in [0.4, 0.5) is 24.7 Å². The quantitative estimate of drug-likeness (QED) is 0.827. The van der Waals surface area contributed by atoms with Crippen LogP contribution in [-0.4, -0.2) is 48.0 Å². The number of anilines is 2. The molecule has 2 heterocycles. The van der Waals surface area contributed by atoms with Crippen LogP contribution in [0.1, 0.15) is 12.5 Å². The van der Waals surface area contributed by atoms with Crippen LogP contribution >= 0.6 is 11.6 Å². The van der Waals surface area contributed by atoms with Gasteiger partial charge in [-0.2, -0.15) is 13.2 Å². The first-order chi connectivity index (χ1) is 13.3. The zero-order chi connectivity index (χ0) is 20.3. The predicted molar refractivity (Wildman–Crippen MR) is 103 cm³/mol. The summed E-state index contributed by atoms with van der Waals surface area (Å²) in [6, 6.07) is 8.08. The number of rotatable bonds is 4. The van der Waals surface area contributed by atoms with Crippen molar-refractivity contribution in [2.24, 2.45) is 0 Å². The maximum absolute atomic E-state index is 12.9. The van der Waals surface area contributed by atoms with Crippen molar-refractivity contribution >= 4 is 29.0 Å². The van der Waals surface area contributed by atoms with Gasteiger partial charge in [-0.15, -0.1) is 0 Å². The lowest BCUT2D eigenvalue weighted by atomic mass is 10.1. The second-order valence-electron chi connectivity index (χ2n) is 6.57. The fourth-order valence-electron chi connectivity index (χ4n) is 3.08. The zero-order valence-electron chi connectivity index (χ0n) is 15.2. The van der Waals surface area contributed by atoms with Gasteiger partial charge in [-0.1, -0.05) is 17.7 Å². The highest BCUT2D eigenvalue weighted by Gasteiger charge is 2.32. The van der Waals surface area contributed by atoms with E-state index in [1.165, 1.54) is 0 Å². The molecule has 1 atom stereocenters. The summed E-state index contributed by atoms with van der Waals surface area (Å²) >= 11 is 5.96. The third-order valence-corrected chi connectivity index (χ3v) is 5.10. The summed E-state index contributed by atoms with van der Waals surface area (Å²) in [5.41, 5.74) is -0.899. The van der Waals surface area contributed by atoms with E-state index in [2.05, 4.69) is 15.2 Å². The van der Waals surface area contributed by atoms with Crippen molar-refractivity contribution in [1.82, 2.24) is 9.88 Å². The molecule has 9 heteroatoms. The van der Waals surface area contributed by atoms with Crippen molar-refractivity contribution < 1.29 is 18.0 Å². The Hall–Kier alpha value is -2.32. The number of aromatic nitrogens is 1. The summed E-state index contributed by atoms with van der Waals surface area (Å²) in [4.78, 5) is 21.0. The van der Waals surface area contributed by atoms with Crippen LogP contribution in [0.15, 0.2) is 42.6 Å². The number of hydrogen-bond donors (Lipinski definition) is 1. The normalized spacial score (nSPS) is 16.7. The van der Waals surface area contributed by atoms with E-state index in [4.69, 9.17) is 11.6 Å². The summed E-state index contributed by atoms with van der Waals surface area (Å²) in [5, 5.41) is 2.59. The van der Waals surface area contributed by atoms with Gasteiger partial charge in [0, 0.05) is 32.4 Å². The monoisotopic (exact) mass is 412 g/mol. The largest absolute Gasteiger partial charge is 0.416 e. The Morgan fingerprint density at radius 1 is 1.18 bits per heavy atom. The van der Waals surface area contributed by atoms with Crippen LogP contribution < -0.4 is 10.2 Å². The molecule has 3 rings (SSSR count). The van der Waals surface area contributed by atoms with Gasteiger partial charge >= 0.3 is 6.18 Å². The predicted octanol–water partition coefficient (Wildman–Crippen LogP) is 3.90. The van der Waals surface area contributed by atoms with E-state index in [9.17, 15) is 18.0 Å². The van der Waals surface area contributed by atoms with E-state index < -0.39 is 23.7 Å². The van der Waals surface area contributed by atoms with Gasteiger partial charge in [-0.25, -0.2) is 4.98 Å². The van der Waals surface area contributed by atoms with Crippen LogP contribution in [-0.2, 0) is 11.0 Å². The lowest BCUT2D eigenvalue weighted by molar-refractivity contribution is -0.137. The highest BCUT2D eigenvalue weighted by molar-refractivity contribution is 6.33. The van der Waals surface area contributed by atoms with E-state index in [1.807, 2.05) is 23.1 Å². The SMILES string of the molecule is C[C@@H](C(=O)Nc1cc(C(F)(F)F)ccc1Cl)N1CCN(c2ccccn2)CC1. The number of alkyl halides is 3. The van der Waals surface area contributed by atoms with Crippen molar-refractivity contribution in [3.8, 4) is 0 Å². The molecule has 1 aliphatic heterocycles. The minimum Gasteiger partial charge on any atom is -0.354 e. The molecular formula is C19H20ClF3N4O. The maximum atomic E-state index is 12.9. The maximum Gasteiger partial charge on any atom is 0.416 e. The van der Waals surface area contributed by atoms with Crippen LogP contribution in [0.3, 0.4) is 0 Å². The van der Waals surface area contributed by atoms with Crippen molar-refractivity contribution in [3.63, 3.8) is 0 Å². The van der Waals surface area contributed by atoms with Crippen LogP contribution in [0.25, 0.3) is 0 Å². The van der Waals surface area contributed by atoms with E-state index in [0.717, 1.165) is 24.0 Å². The number of piperazine rings is 1. The standard InChI is InChI=1S/C19H20ClF3N4O/c1-13(26-8-10-27(11-9-26)17-4-2-3-7-24-17)18(28)25-16-12-14(19(21,22)23)5-6-15(16)20/h2-7,12-13H,8-11H2,1H3,(H,25,28)/t13-/m0/s1. The average Bonchev–Trinajstić information content (AvgIpc) is 2.69. The Balaban J connectivity index is 1.61. The van der Waals surface area contributed by atoms with Crippen LogP contribution in [0, 0.1) is 0 Å². The summed E-state index contributed by atoms with van der Waals surface area (Å²) in [5.74, 6) is 0.488. The highest BCUT2D eigenvalue weighted by atomic mass is 35.5. The molecule has 1 fully saturated rings. The van der Waals surface area contributed by atoms with E-state index in [0.29, 0.717) is 26.2 Å². The highest BCUT2D eigenvalue weighted by Crippen LogP contribution is 2.34. The van der Waals surface area contributed by atoms with E-state index >= 15 is 0 Å². The first-order valence-electron chi connectivity index (χ1n) is 8.83. The third kappa shape index (κ3) is 4.74. The van der Waals surface area contributed by atoms with Crippen LogP contribution in [0.2, 0.25) is 5.02 Å². The van der Waals surface area contributed by atoms with Crippen molar-refractivity contribution in [2.45, 2.75) is 19.1 Å². The van der Waals surface area contributed by atoms with E-state index in [-0.39, 0.29) is 10.7 Å². The number of carbonyl (C=O) groups is 1. The Morgan fingerprint density at radius 2 is 1.89 bits per heavy atom. The fourth-order valence-corrected chi connectivity index (χ4v) is 3.24. The van der Waals surface area contributed by atoms with Gasteiger partial charge in [0.15, 0.2) is 0 Å². The Kier molecular flexibility index (Phi) is 6.10. The Bertz CT molecular complexity index is 824. The van der Waals surface area contributed by atoms with Crippen LogP contribution in [0.5, 0.6) is 0 Å². The van der Waals surface area contributed by atoms with Gasteiger partial charge in [-0.3, -0.25) is 9.69 Å². The number of halogens is 4. The van der Waals surface area contributed by atoms with Gasteiger partial charge in [0.1, 0.15) is 5.82 Å². The first-order valence-corrected chi connectivity index (χ1v) is 9.21. The lowest BCUT2D eigenvalue weighted by Gasteiger charge is -2.38. The number of nitrogens with zero attached hydrogens (tertiary/aromatic N) is 3. The lowest BCUT2D eigenvalue weighted by Crippen LogP contribution is -2.53. The third-order valence-electron chi connectivity index (χ3n) is 4.77. The minimum atomic E-state index is -4.50. The first kappa shape index (κ1) is 20.4. The zero-order valence-corrected chi connectivity index (χ0v) is 16.0. The number of nitrogens with one attached hydrogen (secondary N) is 1. The molecular weight excluding hydrogens is 393 g/mol. The van der Waals surface area contributed by atoms with Crippen molar-refractivity contribution in [3.05, 3.63) is 53.2 Å². The van der Waals surface area contributed by atoms with E-state index in [1.54, 1.807) is 13.1 Å². The number of carbonyl (C=O) groups excluding carboxylic acids is 1. The molecule has 1 N–H and O–H groups in total. The van der Waals surface area contributed by atoms with Gasteiger partial charge < -0.3 is 10.2 Å². The fraction of sp³-hybridized carbons (Fsp3) is 0.368. The molecule has 5 nitrogen and oxygen atoms in total. The van der Waals surface area contributed by atoms with Gasteiger partial charge in [0.05, 0.1) is 22.3 Å². The average molecular weight is 413 g/mol. The van der Waals surface area contributed by atoms with Crippen molar-refractivity contribution in [1.29, 1.82) is 0 Å². The smallest absolute Gasteiger partial charge is 0.354 e. The molecule has 1 aliphatic rings. The number of pyridine rings is 1. The number of benzene rings is 1. The molecule has 28 heavy (non-hydrogen) atoms. The van der Waals surface area contributed by atoms with Crippen molar-refractivity contribution in [2.75, 3.05) is 36.4 Å². The molecule has 2 aromatic rings. The molecule has 1 aromatic heterocycles. The summed E-state index contributed by atoms with van der Waals surface area (Å²) < 4.78 is 38.7. The molecule has 0 radical (unpaired) electrons. The Morgan fingerprint density at radius 3 is 2.50 bits per heavy atom.